The molecule has 0 aromatic heterocycles. The highest BCUT2D eigenvalue weighted by Gasteiger charge is 2.14. The highest BCUT2D eigenvalue weighted by molar-refractivity contribution is 6.30. The molecule has 1 rings (SSSR count). The number of nitrogens with zero attached hydrogens (tertiary/aromatic N) is 1. The normalized spacial score (nSPS) is 12.1. The Bertz CT molecular complexity index is 472. The number of aryl methyl sites for hydroxylation is 2. The minimum absolute atomic E-state index is 0.0467. The number of amides is 1. The molecular weight excluding hydrogens is 274 g/mol. The molecule has 0 saturated heterocycles. The van der Waals surface area contributed by atoms with E-state index in [-0.39, 0.29) is 5.91 Å². The number of benzene rings is 1. The second kappa shape index (κ2) is 7.53. The molecule has 0 aliphatic rings. The van der Waals surface area contributed by atoms with E-state index in [2.05, 4.69) is 26.0 Å². The summed E-state index contributed by atoms with van der Waals surface area (Å²) < 4.78 is 5.87. The summed E-state index contributed by atoms with van der Waals surface area (Å²) in [6, 6.07) is 4.17. The smallest absolute Gasteiger partial charge is 0.240 e. The lowest BCUT2D eigenvalue weighted by Crippen LogP contribution is -2.33. The van der Waals surface area contributed by atoms with Crippen LogP contribution in [0.25, 0.3) is 0 Å². The SMILES string of the molecule is Cc1ccc(C)c(OCCCN(C)C(=O)C(C)Cl)c1C. The predicted octanol–water partition coefficient (Wildman–Crippen LogP) is 3.47. The van der Waals surface area contributed by atoms with E-state index in [1.54, 1.807) is 18.9 Å². The van der Waals surface area contributed by atoms with Crippen LogP contribution in [-0.4, -0.2) is 36.4 Å². The average molecular weight is 298 g/mol. The number of alkyl halides is 1. The Morgan fingerprint density at radius 1 is 1.30 bits per heavy atom. The van der Waals surface area contributed by atoms with Crippen molar-refractivity contribution in [2.75, 3.05) is 20.2 Å². The highest BCUT2D eigenvalue weighted by atomic mass is 35.5. The Labute approximate surface area is 126 Å². The van der Waals surface area contributed by atoms with Crippen molar-refractivity contribution in [1.29, 1.82) is 0 Å². The van der Waals surface area contributed by atoms with Gasteiger partial charge in [-0.05, 0) is 50.8 Å². The van der Waals surface area contributed by atoms with E-state index in [1.165, 1.54) is 11.1 Å². The molecule has 0 saturated carbocycles. The van der Waals surface area contributed by atoms with Gasteiger partial charge in [-0.15, -0.1) is 11.6 Å². The molecule has 0 heterocycles. The number of ether oxygens (including phenoxy) is 1. The van der Waals surface area contributed by atoms with Crippen molar-refractivity contribution < 1.29 is 9.53 Å². The topological polar surface area (TPSA) is 29.5 Å². The lowest BCUT2D eigenvalue weighted by molar-refractivity contribution is -0.129. The third kappa shape index (κ3) is 4.41. The lowest BCUT2D eigenvalue weighted by atomic mass is 10.1. The quantitative estimate of drug-likeness (QED) is 0.594. The highest BCUT2D eigenvalue weighted by Crippen LogP contribution is 2.25. The molecule has 1 atom stereocenters. The van der Waals surface area contributed by atoms with E-state index < -0.39 is 5.38 Å². The van der Waals surface area contributed by atoms with E-state index in [9.17, 15) is 4.79 Å². The molecule has 4 heteroatoms. The average Bonchev–Trinajstić information content (AvgIpc) is 2.41. The summed E-state index contributed by atoms with van der Waals surface area (Å²) in [7, 11) is 1.77. The Morgan fingerprint density at radius 3 is 2.50 bits per heavy atom. The maximum Gasteiger partial charge on any atom is 0.240 e. The minimum Gasteiger partial charge on any atom is -0.493 e. The Balaban J connectivity index is 2.46. The predicted molar refractivity (Wildman–Crippen MR) is 83.7 cm³/mol. The zero-order valence-electron chi connectivity index (χ0n) is 13.0. The van der Waals surface area contributed by atoms with E-state index in [0.29, 0.717) is 13.2 Å². The molecule has 1 unspecified atom stereocenters. The van der Waals surface area contributed by atoms with E-state index in [1.807, 2.05) is 6.92 Å². The molecule has 1 aromatic rings. The van der Waals surface area contributed by atoms with Gasteiger partial charge in [0.25, 0.3) is 0 Å². The largest absolute Gasteiger partial charge is 0.493 e. The van der Waals surface area contributed by atoms with Gasteiger partial charge in [0, 0.05) is 13.6 Å². The summed E-state index contributed by atoms with van der Waals surface area (Å²) in [5.41, 5.74) is 3.56. The van der Waals surface area contributed by atoms with Crippen LogP contribution in [0.5, 0.6) is 5.75 Å². The second-order valence-electron chi connectivity index (χ2n) is 5.23. The van der Waals surface area contributed by atoms with Crippen molar-refractivity contribution in [3.63, 3.8) is 0 Å². The molecule has 0 aliphatic heterocycles. The zero-order chi connectivity index (χ0) is 15.3. The summed E-state index contributed by atoms with van der Waals surface area (Å²) in [5.74, 6) is 0.916. The molecule has 3 nitrogen and oxygen atoms in total. The number of hydrogen-bond acceptors (Lipinski definition) is 2. The third-order valence-electron chi connectivity index (χ3n) is 3.47. The molecule has 20 heavy (non-hydrogen) atoms. The Kier molecular flexibility index (Phi) is 6.34. The van der Waals surface area contributed by atoms with Crippen LogP contribution >= 0.6 is 11.6 Å². The second-order valence-corrected chi connectivity index (χ2v) is 5.89. The van der Waals surface area contributed by atoms with Crippen LogP contribution in [-0.2, 0) is 4.79 Å². The van der Waals surface area contributed by atoms with Crippen molar-refractivity contribution >= 4 is 17.5 Å². The summed E-state index contributed by atoms with van der Waals surface area (Å²) >= 11 is 5.77. The van der Waals surface area contributed by atoms with Crippen molar-refractivity contribution in [3.8, 4) is 5.75 Å². The fourth-order valence-electron chi connectivity index (χ4n) is 2.04. The Morgan fingerprint density at radius 2 is 1.90 bits per heavy atom. The van der Waals surface area contributed by atoms with Crippen LogP contribution in [0.2, 0.25) is 0 Å². The molecule has 1 aromatic carbocycles. The van der Waals surface area contributed by atoms with E-state index in [4.69, 9.17) is 16.3 Å². The van der Waals surface area contributed by atoms with Crippen molar-refractivity contribution in [2.45, 2.75) is 39.5 Å². The van der Waals surface area contributed by atoms with Crippen molar-refractivity contribution in [1.82, 2.24) is 4.90 Å². The van der Waals surface area contributed by atoms with Gasteiger partial charge in [-0.3, -0.25) is 4.79 Å². The van der Waals surface area contributed by atoms with Gasteiger partial charge in [0.1, 0.15) is 11.1 Å². The van der Waals surface area contributed by atoms with Gasteiger partial charge in [-0.2, -0.15) is 0 Å². The Hall–Kier alpha value is -1.22. The summed E-state index contributed by atoms with van der Waals surface area (Å²) in [6.45, 7) is 9.14. The van der Waals surface area contributed by atoms with Crippen LogP contribution in [0.3, 0.4) is 0 Å². The maximum absolute atomic E-state index is 11.6. The van der Waals surface area contributed by atoms with Crippen LogP contribution in [0.4, 0.5) is 0 Å². The van der Waals surface area contributed by atoms with Crippen molar-refractivity contribution in [3.05, 3.63) is 28.8 Å². The molecule has 0 radical (unpaired) electrons. The minimum atomic E-state index is -0.470. The van der Waals surface area contributed by atoms with Gasteiger partial charge in [0.2, 0.25) is 5.91 Å². The molecular formula is C16H24ClNO2. The summed E-state index contributed by atoms with van der Waals surface area (Å²) in [6.07, 6.45) is 0.790. The van der Waals surface area contributed by atoms with E-state index >= 15 is 0 Å². The first-order valence-corrected chi connectivity index (χ1v) is 7.37. The monoisotopic (exact) mass is 297 g/mol. The fourth-order valence-corrected chi connectivity index (χ4v) is 2.20. The zero-order valence-corrected chi connectivity index (χ0v) is 13.8. The first-order valence-electron chi connectivity index (χ1n) is 6.93. The van der Waals surface area contributed by atoms with Gasteiger partial charge in [0.05, 0.1) is 6.61 Å². The van der Waals surface area contributed by atoms with Gasteiger partial charge >= 0.3 is 0 Å². The first kappa shape index (κ1) is 16.8. The summed E-state index contributed by atoms with van der Waals surface area (Å²) in [4.78, 5) is 13.3. The molecule has 0 fully saturated rings. The standard InChI is InChI=1S/C16H24ClNO2/c1-11-7-8-12(2)15(13(11)3)20-10-6-9-18(5)16(19)14(4)17/h7-8,14H,6,9-10H2,1-5H3. The first-order chi connectivity index (χ1) is 9.34. The fraction of sp³-hybridized carbons (Fsp3) is 0.562. The third-order valence-corrected chi connectivity index (χ3v) is 3.66. The number of hydrogen-bond donors (Lipinski definition) is 0. The van der Waals surface area contributed by atoms with Gasteiger partial charge in [0.15, 0.2) is 0 Å². The number of rotatable bonds is 6. The van der Waals surface area contributed by atoms with Gasteiger partial charge < -0.3 is 9.64 Å². The molecule has 112 valence electrons. The molecule has 1 amide bonds. The molecule has 0 aliphatic carbocycles. The molecule has 0 N–H and O–H groups in total. The van der Waals surface area contributed by atoms with Crippen LogP contribution in [0, 0.1) is 20.8 Å². The van der Waals surface area contributed by atoms with Crippen LogP contribution in [0.1, 0.15) is 30.0 Å². The number of carbonyl (C=O) groups excluding carboxylic acids is 1. The van der Waals surface area contributed by atoms with Crippen LogP contribution in [0.15, 0.2) is 12.1 Å². The van der Waals surface area contributed by atoms with Gasteiger partial charge in [-0.1, -0.05) is 12.1 Å². The number of halogens is 1. The van der Waals surface area contributed by atoms with Crippen molar-refractivity contribution in [2.24, 2.45) is 0 Å². The van der Waals surface area contributed by atoms with Gasteiger partial charge in [-0.25, -0.2) is 0 Å². The summed E-state index contributed by atoms with van der Waals surface area (Å²) in [5, 5.41) is -0.470. The maximum atomic E-state index is 11.6. The van der Waals surface area contributed by atoms with E-state index in [0.717, 1.165) is 17.7 Å². The molecule has 0 spiro atoms. The van der Waals surface area contributed by atoms with Crippen LogP contribution < -0.4 is 4.74 Å². The molecule has 0 bridgehead atoms. The number of carbonyl (C=O) groups is 1. The lowest BCUT2D eigenvalue weighted by Gasteiger charge is -2.19.